The van der Waals surface area contributed by atoms with Crippen molar-refractivity contribution in [2.45, 2.75) is 13.5 Å². The number of rotatable bonds is 3. The minimum atomic E-state index is 0.136. The molecule has 0 amide bonds. The molecule has 0 saturated carbocycles. The molecule has 0 radical (unpaired) electrons. The summed E-state index contributed by atoms with van der Waals surface area (Å²) in [6.45, 7) is 2.94. The third-order valence-electron chi connectivity index (χ3n) is 3.35. The molecule has 3 rings (SSSR count). The number of aromatic hydroxyl groups is 1. The summed E-state index contributed by atoms with van der Waals surface area (Å²) in [5, 5.41) is 20.4. The van der Waals surface area contributed by atoms with Gasteiger partial charge in [-0.25, -0.2) is 4.57 Å². The first-order chi connectivity index (χ1) is 10.3. The Hall–Kier alpha value is -2.75. The Labute approximate surface area is 123 Å². The van der Waals surface area contributed by atoms with Gasteiger partial charge in [0, 0.05) is 11.5 Å². The second-order valence-corrected chi connectivity index (χ2v) is 4.75. The van der Waals surface area contributed by atoms with Crippen LogP contribution in [0.5, 0.6) is 5.75 Å². The number of aromatic nitrogens is 1. The number of pyridine rings is 1. The molecule has 3 aromatic rings. The molecule has 4 nitrogen and oxygen atoms in total. The molecule has 0 saturated heterocycles. The minimum absolute atomic E-state index is 0.136. The van der Waals surface area contributed by atoms with E-state index in [2.05, 4.69) is 17.2 Å². The number of benzene rings is 2. The average Bonchev–Trinajstić information content (AvgIpc) is 2.54. The zero-order chi connectivity index (χ0) is 14.7. The van der Waals surface area contributed by atoms with Gasteiger partial charge in [-0.05, 0) is 24.4 Å². The van der Waals surface area contributed by atoms with Gasteiger partial charge in [0.05, 0.1) is 0 Å². The topological polar surface area (TPSA) is 48.8 Å². The molecule has 0 aliphatic heterocycles. The average molecular weight is 278 g/mol. The van der Waals surface area contributed by atoms with Gasteiger partial charge in [-0.15, -0.1) is 10.2 Å². The fraction of sp³-hybridized carbons (Fsp3) is 0.118. The van der Waals surface area contributed by atoms with E-state index in [1.165, 1.54) is 0 Å². The van der Waals surface area contributed by atoms with Crippen LogP contribution in [0, 0.1) is 0 Å². The number of phenolic OH excluding ortho intramolecular Hbond substituents is 1. The fourth-order valence-electron chi connectivity index (χ4n) is 2.22. The van der Waals surface area contributed by atoms with Gasteiger partial charge in [0.25, 0.3) is 0 Å². The zero-order valence-electron chi connectivity index (χ0n) is 11.8. The largest absolute Gasteiger partial charge is 0.506 e. The van der Waals surface area contributed by atoms with Gasteiger partial charge in [-0.3, -0.25) is 0 Å². The van der Waals surface area contributed by atoms with Crippen molar-refractivity contribution in [3.63, 3.8) is 0 Å². The van der Waals surface area contributed by atoms with Crippen LogP contribution in [0.25, 0.3) is 10.8 Å². The third kappa shape index (κ3) is 2.74. The van der Waals surface area contributed by atoms with E-state index in [4.69, 9.17) is 0 Å². The van der Waals surface area contributed by atoms with Crippen LogP contribution in [-0.4, -0.2) is 5.11 Å². The predicted octanol–water partition coefficient (Wildman–Crippen LogP) is 4.27. The predicted molar refractivity (Wildman–Crippen MR) is 82.1 cm³/mol. The van der Waals surface area contributed by atoms with Crippen molar-refractivity contribution in [3.05, 3.63) is 60.9 Å². The summed E-state index contributed by atoms with van der Waals surface area (Å²) in [5.41, 5.74) is 1.26. The van der Waals surface area contributed by atoms with Crippen LogP contribution in [0.4, 0.5) is 11.4 Å². The minimum Gasteiger partial charge on any atom is -0.506 e. The second kappa shape index (κ2) is 5.71. The highest BCUT2D eigenvalue weighted by Crippen LogP contribution is 2.35. The van der Waals surface area contributed by atoms with Gasteiger partial charge >= 0.3 is 0 Å². The fourth-order valence-corrected chi connectivity index (χ4v) is 2.22. The van der Waals surface area contributed by atoms with E-state index in [0.717, 1.165) is 23.0 Å². The van der Waals surface area contributed by atoms with Crippen molar-refractivity contribution < 1.29 is 9.67 Å². The monoisotopic (exact) mass is 278 g/mol. The molecule has 0 aliphatic rings. The molecular formula is C17H16N3O+. The van der Waals surface area contributed by atoms with Crippen LogP contribution in [0.15, 0.2) is 71.2 Å². The summed E-state index contributed by atoms with van der Waals surface area (Å²) in [6.07, 6.45) is 3.90. The third-order valence-corrected chi connectivity index (χ3v) is 3.35. The van der Waals surface area contributed by atoms with E-state index in [1.54, 1.807) is 6.07 Å². The summed E-state index contributed by atoms with van der Waals surface area (Å²) < 4.78 is 2.03. The SMILES string of the molecule is CC[n+]1cccc(N=Nc2c(O)ccc3ccccc23)c1. The summed E-state index contributed by atoms with van der Waals surface area (Å²) in [4.78, 5) is 0. The van der Waals surface area contributed by atoms with Gasteiger partial charge in [-0.2, -0.15) is 0 Å². The van der Waals surface area contributed by atoms with Gasteiger partial charge in [0.2, 0.25) is 0 Å². The first kappa shape index (κ1) is 13.2. The summed E-state index contributed by atoms with van der Waals surface area (Å²) in [5.74, 6) is 0.136. The molecule has 0 bridgehead atoms. The van der Waals surface area contributed by atoms with Crippen LogP contribution >= 0.6 is 0 Å². The standard InChI is InChI=1S/C17H15N3O/c1-2-20-11-5-7-14(12-20)18-19-17-15-8-4-3-6-13(15)9-10-16(17)21/h3-12H,2H2,1H3/p+1. The van der Waals surface area contributed by atoms with Crippen molar-refractivity contribution in [1.29, 1.82) is 0 Å². The van der Waals surface area contributed by atoms with Gasteiger partial charge in [0.15, 0.2) is 12.4 Å². The molecule has 21 heavy (non-hydrogen) atoms. The van der Waals surface area contributed by atoms with Crippen LogP contribution in [0.2, 0.25) is 0 Å². The molecule has 1 heterocycles. The summed E-state index contributed by atoms with van der Waals surface area (Å²) in [6, 6.07) is 15.1. The molecular weight excluding hydrogens is 262 g/mol. The normalized spacial score (nSPS) is 11.3. The maximum atomic E-state index is 10.0. The molecule has 4 heteroatoms. The van der Waals surface area contributed by atoms with E-state index >= 15 is 0 Å². The molecule has 2 aromatic carbocycles. The Morgan fingerprint density at radius 1 is 1.00 bits per heavy atom. The van der Waals surface area contributed by atoms with Crippen molar-refractivity contribution in [2.75, 3.05) is 0 Å². The highest BCUT2D eigenvalue weighted by molar-refractivity contribution is 5.95. The van der Waals surface area contributed by atoms with E-state index in [0.29, 0.717) is 5.69 Å². The first-order valence-corrected chi connectivity index (χ1v) is 6.89. The lowest BCUT2D eigenvalue weighted by molar-refractivity contribution is -0.693. The van der Waals surface area contributed by atoms with E-state index in [1.807, 2.05) is 59.4 Å². The highest BCUT2D eigenvalue weighted by Gasteiger charge is 2.06. The van der Waals surface area contributed by atoms with Gasteiger partial charge < -0.3 is 5.11 Å². The summed E-state index contributed by atoms with van der Waals surface area (Å²) >= 11 is 0. The molecule has 0 unspecified atom stereocenters. The number of hydrogen-bond acceptors (Lipinski definition) is 3. The number of hydrogen-bond donors (Lipinski definition) is 1. The Morgan fingerprint density at radius 3 is 2.71 bits per heavy atom. The first-order valence-electron chi connectivity index (χ1n) is 6.89. The Balaban J connectivity index is 2.04. The molecule has 0 spiro atoms. The number of nitrogens with zero attached hydrogens (tertiary/aromatic N) is 3. The molecule has 1 N–H and O–H groups in total. The maximum absolute atomic E-state index is 10.0. The lowest BCUT2D eigenvalue weighted by Gasteiger charge is -2.03. The van der Waals surface area contributed by atoms with Crippen molar-refractivity contribution in [1.82, 2.24) is 0 Å². The van der Waals surface area contributed by atoms with E-state index < -0.39 is 0 Å². The van der Waals surface area contributed by atoms with E-state index in [9.17, 15) is 5.11 Å². The van der Waals surface area contributed by atoms with E-state index in [-0.39, 0.29) is 5.75 Å². The highest BCUT2D eigenvalue weighted by atomic mass is 16.3. The lowest BCUT2D eigenvalue weighted by atomic mass is 10.1. The Kier molecular flexibility index (Phi) is 3.60. The molecule has 104 valence electrons. The Morgan fingerprint density at radius 2 is 1.86 bits per heavy atom. The quantitative estimate of drug-likeness (QED) is 0.564. The lowest BCUT2D eigenvalue weighted by Crippen LogP contribution is -2.30. The number of phenols is 1. The van der Waals surface area contributed by atoms with Crippen LogP contribution in [0.3, 0.4) is 0 Å². The van der Waals surface area contributed by atoms with Gasteiger partial charge in [0.1, 0.15) is 23.7 Å². The number of aryl methyl sites for hydroxylation is 1. The maximum Gasteiger partial charge on any atom is 0.196 e. The number of fused-ring (bicyclic) bond motifs is 1. The van der Waals surface area contributed by atoms with Crippen LogP contribution in [0.1, 0.15) is 6.92 Å². The van der Waals surface area contributed by atoms with Crippen LogP contribution in [-0.2, 0) is 6.54 Å². The van der Waals surface area contributed by atoms with Gasteiger partial charge in [-0.1, -0.05) is 30.3 Å². The van der Waals surface area contributed by atoms with Crippen molar-refractivity contribution in [3.8, 4) is 5.75 Å². The summed E-state index contributed by atoms with van der Waals surface area (Å²) in [7, 11) is 0. The second-order valence-electron chi connectivity index (χ2n) is 4.75. The molecule has 0 fully saturated rings. The van der Waals surface area contributed by atoms with Crippen molar-refractivity contribution >= 4 is 22.1 Å². The Bertz CT molecular complexity index is 812. The molecule has 0 atom stereocenters. The zero-order valence-corrected chi connectivity index (χ0v) is 11.8. The molecule has 1 aromatic heterocycles. The number of azo groups is 1. The van der Waals surface area contributed by atoms with Crippen molar-refractivity contribution in [2.24, 2.45) is 10.2 Å². The smallest absolute Gasteiger partial charge is 0.196 e. The van der Waals surface area contributed by atoms with Crippen LogP contribution < -0.4 is 4.57 Å². The molecule has 0 aliphatic carbocycles.